The van der Waals surface area contributed by atoms with E-state index < -0.39 is 18.6 Å². The summed E-state index contributed by atoms with van der Waals surface area (Å²) < 4.78 is 44.8. The standard InChI is InChI=1S/C17H16F3N5O2S/c18-17(19,20)11-24(9-13-7-4-8-27-13)14(26)10-28-16-23-22-15(25(16)21)12-5-2-1-3-6-12/h1-8H,9-11,21H2. The van der Waals surface area contributed by atoms with E-state index in [-0.39, 0.29) is 23.2 Å². The highest BCUT2D eigenvalue weighted by atomic mass is 32.2. The maximum atomic E-state index is 12.8. The molecule has 0 atom stereocenters. The molecule has 0 aliphatic carbocycles. The number of carbonyl (C=O) groups is 1. The first kappa shape index (κ1) is 19.8. The predicted molar refractivity (Wildman–Crippen MR) is 96.5 cm³/mol. The van der Waals surface area contributed by atoms with Gasteiger partial charge in [0, 0.05) is 5.56 Å². The van der Waals surface area contributed by atoms with Crippen molar-refractivity contribution in [1.82, 2.24) is 19.8 Å². The number of rotatable bonds is 7. The fraction of sp³-hybridized carbons (Fsp3) is 0.235. The van der Waals surface area contributed by atoms with E-state index in [4.69, 9.17) is 10.3 Å². The van der Waals surface area contributed by atoms with Crippen LogP contribution in [0.15, 0.2) is 58.3 Å². The summed E-state index contributed by atoms with van der Waals surface area (Å²) in [5, 5.41) is 8.11. The number of furan rings is 1. The van der Waals surface area contributed by atoms with Crippen molar-refractivity contribution in [2.75, 3.05) is 18.1 Å². The van der Waals surface area contributed by atoms with Crippen LogP contribution in [-0.2, 0) is 11.3 Å². The third kappa shape index (κ3) is 5.06. The van der Waals surface area contributed by atoms with Gasteiger partial charge in [-0.05, 0) is 12.1 Å². The number of hydrogen-bond donors (Lipinski definition) is 1. The number of halogens is 3. The first-order valence-corrected chi connectivity index (χ1v) is 9.07. The Labute approximate surface area is 162 Å². The van der Waals surface area contributed by atoms with Gasteiger partial charge in [0.15, 0.2) is 5.82 Å². The van der Waals surface area contributed by atoms with Gasteiger partial charge >= 0.3 is 6.18 Å². The summed E-state index contributed by atoms with van der Waals surface area (Å²) in [6.07, 6.45) is -3.19. The van der Waals surface area contributed by atoms with Crippen molar-refractivity contribution >= 4 is 17.7 Å². The molecule has 1 aromatic carbocycles. The fourth-order valence-electron chi connectivity index (χ4n) is 2.42. The van der Waals surface area contributed by atoms with Crippen LogP contribution in [0.25, 0.3) is 11.4 Å². The van der Waals surface area contributed by atoms with Crippen molar-refractivity contribution in [3.8, 4) is 11.4 Å². The number of nitrogens with two attached hydrogens (primary N) is 1. The highest BCUT2D eigenvalue weighted by molar-refractivity contribution is 7.99. The minimum absolute atomic E-state index is 0.220. The molecular formula is C17H16F3N5O2S. The highest BCUT2D eigenvalue weighted by Crippen LogP contribution is 2.23. The van der Waals surface area contributed by atoms with Gasteiger partial charge in [-0.2, -0.15) is 13.2 Å². The minimum atomic E-state index is -4.53. The number of hydrogen-bond acceptors (Lipinski definition) is 6. The zero-order valence-corrected chi connectivity index (χ0v) is 15.3. The molecule has 0 saturated heterocycles. The lowest BCUT2D eigenvalue weighted by Gasteiger charge is -2.22. The quantitative estimate of drug-likeness (QED) is 0.475. The van der Waals surface area contributed by atoms with Crippen molar-refractivity contribution < 1.29 is 22.4 Å². The van der Waals surface area contributed by atoms with Gasteiger partial charge in [-0.15, -0.1) is 10.2 Å². The van der Waals surface area contributed by atoms with Crippen LogP contribution in [-0.4, -0.2) is 44.2 Å². The first-order chi connectivity index (χ1) is 13.3. The van der Waals surface area contributed by atoms with Gasteiger partial charge in [-0.25, -0.2) is 4.68 Å². The average Bonchev–Trinajstić information content (AvgIpc) is 3.28. The van der Waals surface area contributed by atoms with Crippen LogP contribution in [0.5, 0.6) is 0 Å². The van der Waals surface area contributed by atoms with Crippen LogP contribution in [0.4, 0.5) is 13.2 Å². The van der Waals surface area contributed by atoms with Crippen molar-refractivity contribution in [1.29, 1.82) is 0 Å². The Bertz CT molecular complexity index is 913. The molecule has 0 unspecified atom stereocenters. The molecule has 0 bridgehead atoms. The lowest BCUT2D eigenvalue weighted by atomic mass is 10.2. The van der Waals surface area contributed by atoms with E-state index in [1.54, 1.807) is 18.2 Å². The number of thioether (sulfide) groups is 1. The van der Waals surface area contributed by atoms with Gasteiger partial charge in [0.25, 0.3) is 0 Å². The normalized spacial score (nSPS) is 11.5. The Morgan fingerprint density at radius 1 is 1.18 bits per heavy atom. The SMILES string of the molecule is Nn1c(SCC(=O)N(Cc2ccco2)CC(F)(F)F)nnc1-c1ccccc1. The predicted octanol–water partition coefficient (Wildman–Crippen LogP) is 2.94. The Morgan fingerprint density at radius 2 is 1.93 bits per heavy atom. The van der Waals surface area contributed by atoms with E-state index in [1.165, 1.54) is 17.0 Å². The second-order valence-electron chi connectivity index (χ2n) is 5.78. The summed E-state index contributed by atoms with van der Waals surface area (Å²) in [5.74, 6) is 5.61. The molecule has 0 fully saturated rings. The van der Waals surface area contributed by atoms with Gasteiger partial charge in [0.1, 0.15) is 12.3 Å². The lowest BCUT2D eigenvalue weighted by Crippen LogP contribution is -2.39. The minimum Gasteiger partial charge on any atom is -0.467 e. The van der Waals surface area contributed by atoms with E-state index >= 15 is 0 Å². The molecule has 3 rings (SSSR count). The van der Waals surface area contributed by atoms with Crippen molar-refractivity contribution in [3.63, 3.8) is 0 Å². The molecule has 2 N–H and O–H groups in total. The zero-order valence-electron chi connectivity index (χ0n) is 14.5. The summed E-state index contributed by atoms with van der Waals surface area (Å²) in [6.45, 7) is -1.66. The summed E-state index contributed by atoms with van der Waals surface area (Å²) in [6, 6.07) is 12.1. The van der Waals surface area contributed by atoms with Gasteiger partial charge in [0.2, 0.25) is 11.1 Å². The zero-order chi connectivity index (χ0) is 20.1. The van der Waals surface area contributed by atoms with Crippen molar-refractivity contribution in [2.45, 2.75) is 17.9 Å². The van der Waals surface area contributed by atoms with Gasteiger partial charge in [-0.3, -0.25) is 4.79 Å². The van der Waals surface area contributed by atoms with Gasteiger partial charge < -0.3 is 15.2 Å². The van der Waals surface area contributed by atoms with Crippen LogP contribution in [0, 0.1) is 0 Å². The molecule has 148 valence electrons. The molecule has 1 amide bonds. The van der Waals surface area contributed by atoms with E-state index in [9.17, 15) is 18.0 Å². The Morgan fingerprint density at radius 3 is 2.57 bits per heavy atom. The number of benzene rings is 1. The van der Waals surface area contributed by atoms with Gasteiger partial charge in [0.05, 0.1) is 18.6 Å². The molecule has 7 nitrogen and oxygen atoms in total. The second kappa shape index (κ2) is 8.38. The molecule has 0 radical (unpaired) electrons. The number of nitrogen functional groups attached to an aromatic ring is 1. The second-order valence-corrected chi connectivity index (χ2v) is 6.72. The number of alkyl halides is 3. The number of nitrogens with zero attached hydrogens (tertiary/aromatic N) is 4. The average molecular weight is 411 g/mol. The van der Waals surface area contributed by atoms with Gasteiger partial charge in [-0.1, -0.05) is 42.1 Å². The summed E-state index contributed by atoms with van der Waals surface area (Å²) >= 11 is 0.913. The number of amides is 1. The molecule has 0 aliphatic heterocycles. The molecule has 28 heavy (non-hydrogen) atoms. The molecule has 3 aromatic rings. The lowest BCUT2D eigenvalue weighted by molar-refractivity contribution is -0.161. The highest BCUT2D eigenvalue weighted by Gasteiger charge is 2.33. The topological polar surface area (TPSA) is 90.2 Å². The first-order valence-electron chi connectivity index (χ1n) is 8.09. The maximum absolute atomic E-state index is 12.8. The Balaban J connectivity index is 1.68. The van der Waals surface area contributed by atoms with E-state index in [1.807, 2.05) is 18.2 Å². The van der Waals surface area contributed by atoms with Crippen molar-refractivity contribution in [3.05, 3.63) is 54.5 Å². The molecule has 0 spiro atoms. The Kier molecular flexibility index (Phi) is 5.93. The van der Waals surface area contributed by atoms with Crippen LogP contribution < -0.4 is 5.84 Å². The molecule has 11 heteroatoms. The number of aromatic nitrogens is 3. The van der Waals surface area contributed by atoms with E-state index in [2.05, 4.69) is 10.2 Å². The van der Waals surface area contributed by atoms with Crippen LogP contribution in [0.3, 0.4) is 0 Å². The monoisotopic (exact) mass is 411 g/mol. The smallest absolute Gasteiger partial charge is 0.406 e. The summed E-state index contributed by atoms with van der Waals surface area (Å²) in [5.41, 5.74) is 0.729. The largest absolute Gasteiger partial charge is 0.467 e. The fourth-order valence-corrected chi connectivity index (χ4v) is 3.18. The summed E-state index contributed by atoms with van der Waals surface area (Å²) in [4.78, 5) is 13.1. The van der Waals surface area contributed by atoms with Crippen LogP contribution in [0.1, 0.15) is 5.76 Å². The van der Waals surface area contributed by atoms with Crippen molar-refractivity contribution in [2.24, 2.45) is 0 Å². The molecular weight excluding hydrogens is 395 g/mol. The third-order valence-corrected chi connectivity index (χ3v) is 4.60. The number of carbonyl (C=O) groups excluding carboxylic acids is 1. The summed E-state index contributed by atoms with van der Waals surface area (Å²) in [7, 11) is 0. The third-order valence-electron chi connectivity index (χ3n) is 3.67. The molecule has 0 saturated carbocycles. The molecule has 2 heterocycles. The maximum Gasteiger partial charge on any atom is 0.406 e. The van der Waals surface area contributed by atoms with E-state index in [0.717, 1.165) is 17.3 Å². The molecule has 0 aliphatic rings. The van der Waals surface area contributed by atoms with E-state index in [0.29, 0.717) is 10.7 Å². The van der Waals surface area contributed by atoms with Crippen LogP contribution >= 0.6 is 11.8 Å². The van der Waals surface area contributed by atoms with Crippen LogP contribution in [0.2, 0.25) is 0 Å². The molecule has 2 aromatic heterocycles. The Hall–Kier alpha value is -2.95.